The molecule has 108 valence electrons. The largest absolute Gasteiger partial charge is 0.380 e. The molecule has 6 heteroatoms. The number of rotatable bonds is 9. The van der Waals surface area contributed by atoms with Crippen molar-refractivity contribution in [3.05, 3.63) is 29.8 Å². The highest BCUT2D eigenvalue weighted by molar-refractivity contribution is 7.89. The van der Waals surface area contributed by atoms with Gasteiger partial charge >= 0.3 is 0 Å². The molecule has 0 saturated carbocycles. The molecule has 0 fully saturated rings. The van der Waals surface area contributed by atoms with Crippen molar-refractivity contribution in [2.24, 2.45) is 0 Å². The van der Waals surface area contributed by atoms with E-state index in [-0.39, 0.29) is 11.4 Å². The lowest BCUT2D eigenvalue weighted by molar-refractivity contribution is 0.153. The fraction of sp³-hybridized carbons (Fsp3) is 0.538. The lowest BCUT2D eigenvalue weighted by Crippen LogP contribution is -2.27. The Morgan fingerprint density at radius 3 is 2.42 bits per heavy atom. The van der Waals surface area contributed by atoms with E-state index < -0.39 is 10.0 Å². The molecule has 0 bridgehead atoms. The molecule has 1 aromatic carbocycles. The molecule has 0 unspecified atom stereocenters. The summed E-state index contributed by atoms with van der Waals surface area (Å²) in [5.41, 5.74) is 1.06. The molecule has 2 N–H and O–H groups in total. The third-order valence-corrected chi connectivity index (χ3v) is 4.03. The molecule has 0 amide bonds. The minimum atomic E-state index is -3.43. The highest BCUT2D eigenvalue weighted by Gasteiger charge is 2.12. The highest BCUT2D eigenvalue weighted by Crippen LogP contribution is 2.10. The maximum absolute atomic E-state index is 11.9. The van der Waals surface area contributed by atoms with Gasteiger partial charge in [0.1, 0.15) is 0 Å². The van der Waals surface area contributed by atoms with Crippen LogP contribution in [0.25, 0.3) is 0 Å². The average Bonchev–Trinajstić information content (AvgIpc) is 2.42. The Kier molecular flexibility index (Phi) is 7.01. The summed E-state index contributed by atoms with van der Waals surface area (Å²) in [6.07, 6.45) is 0. The van der Waals surface area contributed by atoms with Gasteiger partial charge in [-0.15, -0.1) is 0 Å². The van der Waals surface area contributed by atoms with Gasteiger partial charge in [0.25, 0.3) is 0 Å². The second kappa shape index (κ2) is 8.27. The predicted molar refractivity (Wildman–Crippen MR) is 75.5 cm³/mol. The summed E-state index contributed by atoms with van der Waals surface area (Å²) in [5.74, 6) is 0. The molecule has 0 saturated heterocycles. The van der Waals surface area contributed by atoms with Crippen LogP contribution in [0.3, 0.4) is 0 Å². The molecule has 0 atom stereocenters. The van der Waals surface area contributed by atoms with Crippen LogP contribution in [0.15, 0.2) is 29.2 Å². The Morgan fingerprint density at radius 1 is 1.16 bits per heavy atom. The quantitative estimate of drug-likeness (QED) is 0.667. The van der Waals surface area contributed by atoms with Gasteiger partial charge in [0.2, 0.25) is 10.0 Å². The predicted octanol–water partition coefficient (Wildman–Crippen LogP) is 1.11. The van der Waals surface area contributed by atoms with E-state index in [1.165, 1.54) is 0 Å². The summed E-state index contributed by atoms with van der Waals surface area (Å²) in [4.78, 5) is 0.282. The molecule has 0 aliphatic heterocycles. The third kappa shape index (κ3) is 5.69. The van der Waals surface area contributed by atoms with Gasteiger partial charge in [-0.2, -0.15) is 0 Å². The van der Waals surface area contributed by atoms with Crippen LogP contribution in [-0.2, 0) is 21.3 Å². The van der Waals surface area contributed by atoms with Crippen LogP contribution in [0.2, 0.25) is 0 Å². The number of sulfonamides is 1. The molecule has 0 radical (unpaired) electrons. The number of hydrogen-bond donors (Lipinski definition) is 2. The van der Waals surface area contributed by atoms with E-state index in [2.05, 4.69) is 10.0 Å². The van der Waals surface area contributed by atoms with Gasteiger partial charge in [-0.3, -0.25) is 0 Å². The molecule has 0 heterocycles. The van der Waals surface area contributed by atoms with Crippen LogP contribution in [0.1, 0.15) is 19.4 Å². The van der Waals surface area contributed by atoms with E-state index in [1.54, 1.807) is 12.1 Å². The van der Waals surface area contributed by atoms with Crippen LogP contribution >= 0.6 is 0 Å². The summed E-state index contributed by atoms with van der Waals surface area (Å²) < 4.78 is 31.5. The first-order valence-electron chi connectivity index (χ1n) is 6.47. The van der Waals surface area contributed by atoms with Crippen molar-refractivity contribution >= 4 is 10.0 Å². The van der Waals surface area contributed by atoms with Gasteiger partial charge in [0.05, 0.1) is 11.5 Å². The normalized spacial score (nSPS) is 11.7. The molecule has 1 rings (SSSR count). The first-order valence-corrected chi connectivity index (χ1v) is 7.95. The van der Waals surface area contributed by atoms with Crippen molar-refractivity contribution in [3.8, 4) is 0 Å². The Balaban J connectivity index is 2.58. The van der Waals surface area contributed by atoms with Crippen molar-refractivity contribution in [3.63, 3.8) is 0 Å². The SMILES string of the molecule is CCNCc1ccc(S(=O)(=O)NCCOCC)cc1. The maximum atomic E-state index is 11.9. The molecule has 19 heavy (non-hydrogen) atoms. The molecule has 0 aromatic heterocycles. The zero-order valence-electron chi connectivity index (χ0n) is 11.5. The Hall–Kier alpha value is -0.950. The first kappa shape index (κ1) is 16.1. The second-order valence-corrected chi connectivity index (χ2v) is 5.79. The van der Waals surface area contributed by atoms with Gasteiger partial charge in [0, 0.05) is 19.7 Å². The second-order valence-electron chi connectivity index (χ2n) is 4.02. The van der Waals surface area contributed by atoms with Crippen LogP contribution in [0, 0.1) is 0 Å². The molecule has 1 aromatic rings. The summed E-state index contributed by atoms with van der Waals surface area (Å²) in [7, 11) is -3.43. The fourth-order valence-corrected chi connectivity index (χ4v) is 2.54. The molecular weight excluding hydrogens is 264 g/mol. The number of ether oxygens (including phenoxy) is 1. The number of nitrogens with one attached hydrogen (secondary N) is 2. The average molecular weight is 286 g/mol. The number of hydrogen-bond acceptors (Lipinski definition) is 4. The van der Waals surface area contributed by atoms with Crippen molar-refractivity contribution in [2.75, 3.05) is 26.3 Å². The van der Waals surface area contributed by atoms with E-state index in [4.69, 9.17) is 4.74 Å². The Labute approximate surface area is 115 Å². The summed E-state index contributed by atoms with van der Waals surface area (Å²) in [5, 5.41) is 3.19. The van der Waals surface area contributed by atoms with Crippen molar-refractivity contribution < 1.29 is 13.2 Å². The molecule has 5 nitrogen and oxygen atoms in total. The standard InChI is InChI=1S/C13H22N2O3S/c1-3-14-11-12-5-7-13(8-6-12)19(16,17)15-9-10-18-4-2/h5-8,14-15H,3-4,9-11H2,1-2H3. The van der Waals surface area contributed by atoms with Crippen molar-refractivity contribution in [1.29, 1.82) is 0 Å². The minimum absolute atomic E-state index is 0.282. The van der Waals surface area contributed by atoms with Gasteiger partial charge in [0.15, 0.2) is 0 Å². The van der Waals surface area contributed by atoms with Gasteiger partial charge in [-0.1, -0.05) is 19.1 Å². The molecule has 0 aliphatic carbocycles. The summed E-state index contributed by atoms with van der Waals surface area (Å²) >= 11 is 0. The van der Waals surface area contributed by atoms with Crippen molar-refractivity contribution in [2.45, 2.75) is 25.3 Å². The molecule has 0 spiro atoms. The van der Waals surface area contributed by atoms with E-state index in [0.29, 0.717) is 13.2 Å². The lowest BCUT2D eigenvalue weighted by Gasteiger charge is -2.08. The van der Waals surface area contributed by atoms with Crippen LogP contribution < -0.4 is 10.0 Å². The monoisotopic (exact) mass is 286 g/mol. The highest BCUT2D eigenvalue weighted by atomic mass is 32.2. The van der Waals surface area contributed by atoms with E-state index in [0.717, 1.165) is 18.7 Å². The van der Waals surface area contributed by atoms with Crippen LogP contribution in [0.4, 0.5) is 0 Å². The van der Waals surface area contributed by atoms with Crippen molar-refractivity contribution in [1.82, 2.24) is 10.0 Å². The molecular formula is C13H22N2O3S. The van der Waals surface area contributed by atoms with E-state index in [9.17, 15) is 8.42 Å². The summed E-state index contributed by atoms with van der Waals surface area (Å²) in [6, 6.07) is 6.88. The zero-order valence-corrected chi connectivity index (χ0v) is 12.3. The Morgan fingerprint density at radius 2 is 1.84 bits per heavy atom. The van der Waals surface area contributed by atoms with E-state index in [1.807, 2.05) is 26.0 Å². The summed E-state index contributed by atoms with van der Waals surface area (Å²) in [6.45, 7) is 6.79. The third-order valence-electron chi connectivity index (χ3n) is 2.56. The molecule has 0 aliphatic rings. The van der Waals surface area contributed by atoms with Crippen LogP contribution in [-0.4, -0.2) is 34.7 Å². The maximum Gasteiger partial charge on any atom is 0.240 e. The van der Waals surface area contributed by atoms with Gasteiger partial charge < -0.3 is 10.1 Å². The van der Waals surface area contributed by atoms with Gasteiger partial charge in [-0.05, 0) is 31.2 Å². The zero-order chi connectivity index (χ0) is 14.1. The van der Waals surface area contributed by atoms with Gasteiger partial charge in [-0.25, -0.2) is 13.1 Å². The first-order chi connectivity index (χ1) is 9.10. The minimum Gasteiger partial charge on any atom is -0.380 e. The lowest BCUT2D eigenvalue weighted by atomic mass is 10.2. The topological polar surface area (TPSA) is 67.4 Å². The Bertz CT molecular complexity index is 457. The number of benzene rings is 1. The fourth-order valence-electron chi connectivity index (χ4n) is 1.53. The smallest absolute Gasteiger partial charge is 0.240 e. The van der Waals surface area contributed by atoms with Crippen LogP contribution in [0.5, 0.6) is 0 Å². The van der Waals surface area contributed by atoms with E-state index >= 15 is 0 Å².